The third-order valence-corrected chi connectivity index (χ3v) is 2.77. The molecule has 2 heterocycles. The van der Waals surface area contributed by atoms with E-state index in [2.05, 4.69) is 35.6 Å². The van der Waals surface area contributed by atoms with Gasteiger partial charge < -0.3 is 9.84 Å². The number of rotatable bonds is 0. The number of aryl methyl sites for hydroxylation is 1. The highest BCUT2D eigenvalue weighted by Gasteiger charge is 2.17. The van der Waals surface area contributed by atoms with E-state index in [1.165, 1.54) is 11.1 Å². The maximum atomic E-state index is 5.33. The van der Waals surface area contributed by atoms with Crippen molar-refractivity contribution in [2.75, 3.05) is 11.9 Å². The third-order valence-electron chi connectivity index (χ3n) is 2.77. The molecule has 3 rings (SSSR count). The van der Waals surface area contributed by atoms with Crippen LogP contribution in [0.25, 0.3) is 11.3 Å². The summed E-state index contributed by atoms with van der Waals surface area (Å²) in [6.45, 7) is 3.02. The van der Waals surface area contributed by atoms with Gasteiger partial charge >= 0.3 is 0 Å². The van der Waals surface area contributed by atoms with Crippen LogP contribution in [0.1, 0.15) is 11.1 Å². The van der Waals surface area contributed by atoms with Crippen LogP contribution < -0.4 is 5.32 Å². The lowest BCUT2D eigenvalue weighted by Crippen LogP contribution is -2.01. The van der Waals surface area contributed by atoms with Crippen LogP contribution in [-0.2, 0) is 6.42 Å². The Bertz CT molecular complexity index is 502. The lowest BCUT2D eigenvalue weighted by molar-refractivity contribution is 0.432. The lowest BCUT2D eigenvalue weighted by atomic mass is 10.0. The fourth-order valence-corrected chi connectivity index (χ4v) is 1.99. The molecule has 3 nitrogen and oxygen atoms in total. The molecule has 0 atom stereocenters. The van der Waals surface area contributed by atoms with Gasteiger partial charge in [0.15, 0.2) is 5.76 Å². The fourth-order valence-electron chi connectivity index (χ4n) is 1.99. The molecule has 0 fully saturated rings. The number of fused-ring (bicyclic) bond motifs is 3. The Hall–Kier alpha value is -1.77. The average Bonchev–Trinajstić information content (AvgIpc) is 2.62. The molecule has 0 amide bonds. The van der Waals surface area contributed by atoms with E-state index in [4.69, 9.17) is 4.52 Å². The molecule has 1 aromatic carbocycles. The quantitative estimate of drug-likeness (QED) is 0.710. The number of hydrogen-bond acceptors (Lipinski definition) is 3. The first-order chi connectivity index (χ1) is 7.34. The van der Waals surface area contributed by atoms with E-state index in [0.717, 1.165) is 30.0 Å². The van der Waals surface area contributed by atoms with Crippen molar-refractivity contribution < 1.29 is 4.52 Å². The molecule has 1 aliphatic rings. The fraction of sp³-hybridized carbons (Fsp3) is 0.250. The summed E-state index contributed by atoms with van der Waals surface area (Å²) in [6.07, 6.45) is 2.78. The minimum Gasteiger partial charge on any atom is -0.384 e. The van der Waals surface area contributed by atoms with Crippen molar-refractivity contribution in [3.8, 4) is 11.3 Å². The first-order valence-corrected chi connectivity index (χ1v) is 5.13. The van der Waals surface area contributed by atoms with Crippen LogP contribution in [0.15, 0.2) is 28.9 Å². The van der Waals surface area contributed by atoms with E-state index in [0.29, 0.717) is 0 Å². The van der Waals surface area contributed by atoms with Gasteiger partial charge in [-0.05, 0) is 25.5 Å². The van der Waals surface area contributed by atoms with Crippen molar-refractivity contribution in [1.29, 1.82) is 0 Å². The number of hydrogen-bond donors (Lipinski definition) is 1. The zero-order valence-corrected chi connectivity index (χ0v) is 8.58. The summed E-state index contributed by atoms with van der Waals surface area (Å²) < 4.78 is 5.33. The van der Waals surface area contributed by atoms with Gasteiger partial charge in [-0.25, -0.2) is 0 Å². The van der Waals surface area contributed by atoms with Gasteiger partial charge in [0, 0.05) is 23.4 Å². The Morgan fingerprint density at radius 3 is 3.27 bits per heavy atom. The van der Waals surface area contributed by atoms with Crippen molar-refractivity contribution in [2.24, 2.45) is 0 Å². The summed E-state index contributed by atoms with van der Waals surface area (Å²) in [6, 6.07) is 6.34. The SMILES string of the molecule is Cc1ccc2c(c1)-c1oncc1CCN2. The molecular weight excluding hydrogens is 188 g/mol. The normalized spacial score (nSPS) is 13.7. The van der Waals surface area contributed by atoms with Crippen molar-refractivity contribution in [3.05, 3.63) is 35.5 Å². The molecule has 0 saturated carbocycles. The Labute approximate surface area is 88.1 Å². The van der Waals surface area contributed by atoms with E-state index in [9.17, 15) is 0 Å². The van der Waals surface area contributed by atoms with Crippen molar-refractivity contribution in [2.45, 2.75) is 13.3 Å². The second kappa shape index (κ2) is 3.12. The Morgan fingerprint density at radius 1 is 1.40 bits per heavy atom. The van der Waals surface area contributed by atoms with Crippen LogP contribution in [0.3, 0.4) is 0 Å². The molecule has 15 heavy (non-hydrogen) atoms. The summed E-state index contributed by atoms with van der Waals surface area (Å²) >= 11 is 0. The van der Waals surface area contributed by atoms with E-state index < -0.39 is 0 Å². The van der Waals surface area contributed by atoms with Gasteiger partial charge in [0.25, 0.3) is 0 Å². The molecule has 0 bridgehead atoms. The molecule has 0 saturated heterocycles. The Kier molecular flexibility index (Phi) is 1.78. The largest absolute Gasteiger partial charge is 0.384 e. The monoisotopic (exact) mass is 200 g/mol. The predicted molar refractivity (Wildman–Crippen MR) is 58.9 cm³/mol. The molecule has 1 aliphatic heterocycles. The standard InChI is InChI=1S/C12H12N2O/c1-8-2-3-11-10(6-8)12-9(4-5-13-11)7-14-15-12/h2-3,6-7,13H,4-5H2,1H3. The van der Waals surface area contributed by atoms with Crippen LogP contribution >= 0.6 is 0 Å². The second-order valence-corrected chi connectivity index (χ2v) is 3.91. The third kappa shape index (κ3) is 1.31. The van der Waals surface area contributed by atoms with E-state index in [1.54, 1.807) is 0 Å². The van der Waals surface area contributed by atoms with Crippen LogP contribution in [-0.4, -0.2) is 11.7 Å². The Balaban J connectivity index is 2.27. The highest BCUT2D eigenvalue weighted by Crippen LogP contribution is 2.33. The zero-order chi connectivity index (χ0) is 10.3. The van der Waals surface area contributed by atoms with E-state index in [-0.39, 0.29) is 0 Å². The van der Waals surface area contributed by atoms with Crippen LogP contribution in [0.5, 0.6) is 0 Å². The first kappa shape index (κ1) is 8.53. The molecule has 1 N–H and O–H groups in total. The van der Waals surface area contributed by atoms with Crippen molar-refractivity contribution in [3.63, 3.8) is 0 Å². The van der Waals surface area contributed by atoms with Crippen molar-refractivity contribution in [1.82, 2.24) is 5.16 Å². The molecule has 76 valence electrons. The van der Waals surface area contributed by atoms with Gasteiger partial charge in [-0.15, -0.1) is 0 Å². The highest BCUT2D eigenvalue weighted by molar-refractivity contribution is 5.78. The molecule has 2 aromatic rings. The van der Waals surface area contributed by atoms with E-state index in [1.807, 2.05) is 6.20 Å². The van der Waals surface area contributed by atoms with Crippen molar-refractivity contribution >= 4 is 5.69 Å². The van der Waals surface area contributed by atoms with Crippen LogP contribution in [0.2, 0.25) is 0 Å². The highest BCUT2D eigenvalue weighted by atomic mass is 16.5. The molecule has 0 unspecified atom stereocenters. The van der Waals surface area contributed by atoms with Gasteiger partial charge in [-0.2, -0.15) is 0 Å². The minimum absolute atomic E-state index is 0.915. The topological polar surface area (TPSA) is 38.1 Å². The maximum Gasteiger partial charge on any atom is 0.172 e. The number of nitrogens with one attached hydrogen (secondary N) is 1. The number of aromatic nitrogens is 1. The molecule has 0 radical (unpaired) electrons. The number of nitrogens with zero attached hydrogens (tertiary/aromatic N) is 1. The first-order valence-electron chi connectivity index (χ1n) is 5.13. The summed E-state index contributed by atoms with van der Waals surface area (Å²) in [5.74, 6) is 0.915. The summed E-state index contributed by atoms with van der Waals surface area (Å²) in [4.78, 5) is 0. The molecule has 0 spiro atoms. The number of anilines is 1. The number of benzene rings is 1. The van der Waals surface area contributed by atoms with Crippen LogP contribution in [0.4, 0.5) is 5.69 Å². The molecular formula is C12H12N2O. The Morgan fingerprint density at radius 2 is 2.33 bits per heavy atom. The summed E-state index contributed by atoms with van der Waals surface area (Å²) in [7, 11) is 0. The van der Waals surface area contributed by atoms with Gasteiger partial charge in [0.1, 0.15) is 0 Å². The average molecular weight is 200 g/mol. The summed E-state index contributed by atoms with van der Waals surface area (Å²) in [5, 5.41) is 7.27. The van der Waals surface area contributed by atoms with Gasteiger partial charge in [0.2, 0.25) is 0 Å². The van der Waals surface area contributed by atoms with Gasteiger partial charge in [-0.3, -0.25) is 0 Å². The second-order valence-electron chi connectivity index (χ2n) is 3.91. The van der Waals surface area contributed by atoms with E-state index >= 15 is 0 Å². The van der Waals surface area contributed by atoms with Crippen LogP contribution in [0, 0.1) is 6.92 Å². The molecule has 1 aromatic heterocycles. The predicted octanol–water partition coefficient (Wildman–Crippen LogP) is 2.62. The zero-order valence-electron chi connectivity index (χ0n) is 8.58. The van der Waals surface area contributed by atoms with Gasteiger partial charge in [-0.1, -0.05) is 16.8 Å². The summed E-state index contributed by atoms with van der Waals surface area (Å²) in [5.41, 5.74) is 4.68. The molecule has 0 aliphatic carbocycles. The smallest absolute Gasteiger partial charge is 0.172 e. The minimum atomic E-state index is 0.915. The molecule has 3 heteroatoms. The van der Waals surface area contributed by atoms with Gasteiger partial charge in [0.05, 0.1) is 6.20 Å². The maximum absolute atomic E-state index is 5.33. The lowest BCUT2D eigenvalue weighted by Gasteiger charge is -2.06.